The molecule has 0 aliphatic heterocycles. The Bertz CT molecular complexity index is 1160. The molecule has 1 aromatic heterocycles. The summed E-state index contributed by atoms with van der Waals surface area (Å²) in [5.74, 6) is 1.97. The lowest BCUT2D eigenvalue weighted by Crippen LogP contribution is -2.38. The van der Waals surface area contributed by atoms with Crippen LogP contribution in [0.2, 0.25) is 5.02 Å². The molecule has 3 aromatic carbocycles. The molecule has 4 aromatic rings. The molecule has 0 radical (unpaired) electrons. The van der Waals surface area contributed by atoms with Gasteiger partial charge in [0, 0.05) is 17.6 Å². The minimum Gasteiger partial charge on any atom is -0.313 e. The number of hydrogen-bond donors (Lipinski definition) is 0. The molecule has 3 nitrogen and oxygen atoms in total. The monoisotopic (exact) mass is 427 g/mol. The van der Waals surface area contributed by atoms with Gasteiger partial charge < -0.3 is 4.57 Å². The zero-order valence-corrected chi connectivity index (χ0v) is 18.5. The molecule has 156 valence electrons. The molecule has 1 aliphatic rings. The lowest BCUT2D eigenvalue weighted by atomic mass is 9.64. The second-order valence-electron chi connectivity index (χ2n) is 8.53. The quantitative estimate of drug-likeness (QED) is 0.357. The van der Waals surface area contributed by atoms with Gasteiger partial charge in [-0.2, -0.15) is 0 Å². The first-order valence-corrected chi connectivity index (χ1v) is 11.3. The fraction of sp³-hybridized carbons (Fsp3) is 0.259. The normalized spacial score (nSPS) is 14.9. The smallest absolute Gasteiger partial charge is 0.163 e. The van der Waals surface area contributed by atoms with E-state index in [9.17, 15) is 0 Å². The van der Waals surface area contributed by atoms with Gasteiger partial charge in [0.15, 0.2) is 5.82 Å². The van der Waals surface area contributed by atoms with E-state index in [0.29, 0.717) is 0 Å². The van der Waals surface area contributed by atoms with Crippen LogP contribution in [0.1, 0.15) is 41.8 Å². The van der Waals surface area contributed by atoms with Crippen LogP contribution >= 0.6 is 11.6 Å². The molecule has 0 unspecified atom stereocenters. The average Bonchev–Trinajstić information content (AvgIpc) is 3.15. The van der Waals surface area contributed by atoms with Crippen molar-refractivity contribution in [1.29, 1.82) is 0 Å². The van der Waals surface area contributed by atoms with Gasteiger partial charge in [-0.25, -0.2) is 0 Å². The van der Waals surface area contributed by atoms with Crippen LogP contribution in [0.3, 0.4) is 0 Å². The zero-order valence-electron chi connectivity index (χ0n) is 17.8. The van der Waals surface area contributed by atoms with E-state index < -0.39 is 0 Å². The molecule has 5 rings (SSSR count). The summed E-state index contributed by atoms with van der Waals surface area (Å²) in [5, 5.41) is 10.0. The molecule has 1 aliphatic carbocycles. The Morgan fingerprint density at radius 2 is 1.45 bits per heavy atom. The van der Waals surface area contributed by atoms with Crippen LogP contribution in [0.5, 0.6) is 0 Å². The van der Waals surface area contributed by atoms with Gasteiger partial charge in [-0.3, -0.25) is 0 Å². The predicted octanol–water partition coefficient (Wildman–Crippen LogP) is 6.39. The Kier molecular flexibility index (Phi) is 5.37. The summed E-state index contributed by atoms with van der Waals surface area (Å²) in [7, 11) is 2.09. The molecule has 0 atom stereocenters. The lowest BCUT2D eigenvalue weighted by molar-refractivity contribution is 0.278. The summed E-state index contributed by atoms with van der Waals surface area (Å²) in [6.45, 7) is 0. The van der Waals surface area contributed by atoms with Gasteiger partial charge in [0.2, 0.25) is 0 Å². The molecule has 0 N–H and O–H groups in total. The first kappa shape index (κ1) is 20.0. The molecule has 1 saturated carbocycles. The van der Waals surface area contributed by atoms with Gasteiger partial charge in [0.1, 0.15) is 5.82 Å². The van der Waals surface area contributed by atoms with Crippen molar-refractivity contribution in [1.82, 2.24) is 14.8 Å². The van der Waals surface area contributed by atoms with Crippen LogP contribution in [0, 0.1) is 0 Å². The van der Waals surface area contributed by atoms with Gasteiger partial charge in [-0.15, -0.1) is 10.2 Å². The molecule has 0 spiro atoms. The van der Waals surface area contributed by atoms with Gasteiger partial charge >= 0.3 is 0 Å². The van der Waals surface area contributed by atoms with Crippen molar-refractivity contribution in [3.63, 3.8) is 0 Å². The molecule has 4 heteroatoms. The first-order chi connectivity index (χ1) is 15.2. The van der Waals surface area contributed by atoms with Crippen molar-refractivity contribution in [3.05, 3.63) is 106 Å². The molecule has 31 heavy (non-hydrogen) atoms. The van der Waals surface area contributed by atoms with Crippen molar-refractivity contribution >= 4 is 11.6 Å². The highest BCUT2D eigenvalue weighted by Gasteiger charge is 2.44. The van der Waals surface area contributed by atoms with Crippen molar-refractivity contribution in [2.24, 2.45) is 7.05 Å². The van der Waals surface area contributed by atoms with E-state index >= 15 is 0 Å². The van der Waals surface area contributed by atoms with Crippen LogP contribution in [-0.4, -0.2) is 14.8 Å². The fourth-order valence-corrected chi connectivity index (χ4v) is 4.82. The summed E-state index contributed by atoms with van der Waals surface area (Å²) >= 11 is 6.12. The molecule has 0 bridgehead atoms. The summed E-state index contributed by atoms with van der Waals surface area (Å²) in [4.78, 5) is 0. The third-order valence-corrected chi connectivity index (χ3v) is 6.92. The van der Waals surface area contributed by atoms with Crippen molar-refractivity contribution < 1.29 is 0 Å². The predicted molar refractivity (Wildman–Crippen MR) is 126 cm³/mol. The zero-order chi connectivity index (χ0) is 21.3. The van der Waals surface area contributed by atoms with Gasteiger partial charge in [0.25, 0.3) is 0 Å². The maximum Gasteiger partial charge on any atom is 0.163 e. The molecule has 1 fully saturated rings. The molecular formula is C27H26ClN3. The minimum atomic E-state index is -0.0553. The van der Waals surface area contributed by atoms with Crippen LogP contribution in [-0.2, 0) is 25.3 Å². The van der Waals surface area contributed by atoms with Gasteiger partial charge in [0.05, 0.1) is 5.41 Å². The maximum absolute atomic E-state index is 6.12. The Labute approximate surface area is 188 Å². The summed E-state index contributed by atoms with van der Waals surface area (Å²) in [6, 6.07) is 27.6. The standard InChI is InChI=1S/C27H26ClN3/c1-31-25(22-12-10-21(11-13-22)9-8-20-6-3-2-4-7-20)29-30-26(31)27(18-5-19-27)23-14-16-24(28)17-15-23/h2-4,6-7,10-17H,5,8-9,18-19H2,1H3. The summed E-state index contributed by atoms with van der Waals surface area (Å²) < 4.78 is 2.17. The number of nitrogens with zero attached hydrogens (tertiary/aromatic N) is 3. The van der Waals surface area contributed by atoms with Crippen LogP contribution in [0.4, 0.5) is 0 Å². The second kappa shape index (κ2) is 8.32. The van der Waals surface area contributed by atoms with E-state index in [1.54, 1.807) is 0 Å². The topological polar surface area (TPSA) is 30.7 Å². The number of hydrogen-bond acceptors (Lipinski definition) is 2. The number of aryl methyl sites for hydroxylation is 2. The number of aromatic nitrogens is 3. The Morgan fingerprint density at radius 1 is 0.806 bits per heavy atom. The van der Waals surface area contributed by atoms with Crippen molar-refractivity contribution in [3.8, 4) is 11.4 Å². The third-order valence-electron chi connectivity index (χ3n) is 6.66. The summed E-state index contributed by atoms with van der Waals surface area (Å²) in [5.41, 5.74) is 5.04. The highest BCUT2D eigenvalue weighted by atomic mass is 35.5. The highest BCUT2D eigenvalue weighted by molar-refractivity contribution is 6.30. The second-order valence-corrected chi connectivity index (χ2v) is 8.97. The average molecular weight is 428 g/mol. The number of rotatable bonds is 6. The van der Waals surface area contributed by atoms with E-state index in [0.717, 1.165) is 47.9 Å². The third kappa shape index (κ3) is 3.79. The van der Waals surface area contributed by atoms with Gasteiger partial charge in [-0.1, -0.05) is 84.8 Å². The lowest BCUT2D eigenvalue weighted by Gasteiger charge is -2.41. The Morgan fingerprint density at radius 3 is 2.06 bits per heavy atom. The Balaban J connectivity index is 1.38. The van der Waals surface area contributed by atoms with Crippen LogP contribution in [0.25, 0.3) is 11.4 Å². The van der Waals surface area contributed by atoms with Crippen LogP contribution in [0.15, 0.2) is 78.9 Å². The van der Waals surface area contributed by atoms with E-state index in [2.05, 4.69) is 88.5 Å². The van der Waals surface area contributed by atoms with E-state index in [1.807, 2.05) is 12.1 Å². The first-order valence-electron chi connectivity index (χ1n) is 10.9. The molecule has 1 heterocycles. The van der Waals surface area contributed by atoms with E-state index in [4.69, 9.17) is 11.6 Å². The largest absolute Gasteiger partial charge is 0.313 e. The maximum atomic E-state index is 6.12. The molecule has 0 saturated heterocycles. The highest BCUT2D eigenvalue weighted by Crippen LogP contribution is 2.48. The van der Waals surface area contributed by atoms with Crippen molar-refractivity contribution in [2.75, 3.05) is 0 Å². The van der Waals surface area contributed by atoms with Crippen molar-refractivity contribution in [2.45, 2.75) is 37.5 Å². The minimum absolute atomic E-state index is 0.0553. The number of benzene rings is 3. The SMILES string of the molecule is Cn1c(-c2ccc(CCc3ccccc3)cc2)nnc1C1(c2ccc(Cl)cc2)CCC1. The van der Waals surface area contributed by atoms with Gasteiger partial charge in [-0.05, 0) is 54.5 Å². The van der Waals surface area contributed by atoms with E-state index in [-0.39, 0.29) is 5.41 Å². The summed E-state index contributed by atoms with van der Waals surface area (Å²) in [6.07, 6.45) is 5.49. The van der Waals surface area contributed by atoms with E-state index in [1.165, 1.54) is 23.1 Å². The number of halogens is 1. The molecular weight excluding hydrogens is 402 g/mol. The molecule has 0 amide bonds. The fourth-order valence-electron chi connectivity index (χ4n) is 4.69. The van der Waals surface area contributed by atoms with Crippen LogP contribution < -0.4 is 0 Å². The Hall–Kier alpha value is -2.91.